The average molecular weight is 359 g/mol. The van der Waals surface area contributed by atoms with Crippen molar-refractivity contribution in [2.75, 3.05) is 13.1 Å². The molecule has 3 rings (SSSR count). The third kappa shape index (κ3) is 4.22. The van der Waals surface area contributed by atoms with E-state index in [4.69, 9.17) is 0 Å². The van der Waals surface area contributed by atoms with Gasteiger partial charge in [0.25, 0.3) is 5.91 Å². The predicted octanol–water partition coefficient (Wildman–Crippen LogP) is 2.65. The summed E-state index contributed by atoms with van der Waals surface area (Å²) in [7, 11) is 1.95. The summed E-state index contributed by atoms with van der Waals surface area (Å²) in [5.74, 6) is -0.642. The number of piperidine rings is 1. The molecule has 1 N–H and O–H groups in total. The maximum atomic E-state index is 12.7. The van der Waals surface area contributed by atoms with Gasteiger partial charge in [0, 0.05) is 43.8 Å². The average Bonchev–Trinajstić information content (AvgIpc) is 3.04. The van der Waals surface area contributed by atoms with Crippen LogP contribution in [0.15, 0.2) is 41.8 Å². The van der Waals surface area contributed by atoms with E-state index in [0.717, 1.165) is 22.9 Å². The van der Waals surface area contributed by atoms with Crippen molar-refractivity contribution in [2.45, 2.75) is 23.8 Å². The molecule has 25 heavy (non-hydrogen) atoms. The van der Waals surface area contributed by atoms with Gasteiger partial charge in [0.2, 0.25) is 0 Å². The molecular weight excluding hydrogens is 338 g/mol. The first-order valence-corrected chi connectivity index (χ1v) is 9.24. The Labute approximate surface area is 150 Å². The standard InChI is InChI=1S/C18H21N3O3S/c1-20-9-7-19-18(20)25-12-13-4-2-5-14(10-13)16(22)21-8-3-6-15(11-21)17(23)24/h2,4-5,7,9-10,15H,3,6,8,11-12H2,1H3,(H,23,24). The van der Waals surface area contributed by atoms with Crippen LogP contribution in [0.5, 0.6) is 0 Å². The van der Waals surface area contributed by atoms with Gasteiger partial charge in [-0.15, -0.1) is 0 Å². The summed E-state index contributed by atoms with van der Waals surface area (Å²) < 4.78 is 1.96. The molecule has 2 aromatic rings. The van der Waals surface area contributed by atoms with Gasteiger partial charge in [0.15, 0.2) is 5.16 Å². The van der Waals surface area contributed by atoms with Crippen molar-refractivity contribution in [1.82, 2.24) is 14.5 Å². The number of carbonyl (C=O) groups is 2. The number of rotatable bonds is 5. The summed E-state index contributed by atoms with van der Waals surface area (Å²) in [6.07, 6.45) is 5.03. The fourth-order valence-electron chi connectivity index (χ4n) is 2.98. The molecular formula is C18H21N3O3S. The van der Waals surface area contributed by atoms with Gasteiger partial charge in [-0.1, -0.05) is 23.9 Å². The van der Waals surface area contributed by atoms with Crippen molar-refractivity contribution in [3.05, 3.63) is 47.8 Å². The normalized spacial score (nSPS) is 17.5. The Morgan fingerprint density at radius 3 is 2.96 bits per heavy atom. The minimum atomic E-state index is -0.822. The van der Waals surface area contributed by atoms with Crippen molar-refractivity contribution in [1.29, 1.82) is 0 Å². The lowest BCUT2D eigenvalue weighted by molar-refractivity contribution is -0.143. The number of carboxylic acids is 1. The molecule has 0 bridgehead atoms. The van der Waals surface area contributed by atoms with Gasteiger partial charge < -0.3 is 14.6 Å². The molecule has 1 fully saturated rings. The van der Waals surface area contributed by atoms with E-state index in [1.54, 1.807) is 28.9 Å². The zero-order valence-electron chi connectivity index (χ0n) is 14.1. The molecule has 0 saturated carbocycles. The van der Waals surface area contributed by atoms with E-state index in [1.165, 1.54) is 0 Å². The summed E-state index contributed by atoms with van der Waals surface area (Å²) in [4.78, 5) is 29.8. The number of benzene rings is 1. The number of imidazole rings is 1. The van der Waals surface area contributed by atoms with Crippen LogP contribution in [0.1, 0.15) is 28.8 Å². The predicted molar refractivity (Wildman–Crippen MR) is 95.5 cm³/mol. The molecule has 1 amide bonds. The molecule has 0 aliphatic carbocycles. The number of nitrogens with zero attached hydrogens (tertiary/aromatic N) is 3. The second-order valence-electron chi connectivity index (χ2n) is 6.24. The maximum Gasteiger partial charge on any atom is 0.308 e. The topological polar surface area (TPSA) is 75.4 Å². The molecule has 1 unspecified atom stereocenters. The molecule has 7 heteroatoms. The van der Waals surface area contributed by atoms with E-state index in [-0.39, 0.29) is 5.91 Å². The van der Waals surface area contributed by atoms with Crippen molar-refractivity contribution >= 4 is 23.6 Å². The number of hydrogen-bond acceptors (Lipinski definition) is 4. The van der Waals surface area contributed by atoms with Crippen molar-refractivity contribution < 1.29 is 14.7 Å². The van der Waals surface area contributed by atoms with Gasteiger partial charge in [-0.25, -0.2) is 4.98 Å². The molecule has 0 radical (unpaired) electrons. The molecule has 1 aliphatic heterocycles. The summed E-state index contributed by atoms with van der Waals surface area (Å²) >= 11 is 1.62. The summed E-state index contributed by atoms with van der Waals surface area (Å²) in [5, 5.41) is 10.1. The zero-order chi connectivity index (χ0) is 17.8. The number of carboxylic acid groups (broad SMARTS) is 1. The third-order valence-corrected chi connectivity index (χ3v) is 5.51. The van der Waals surface area contributed by atoms with Crippen LogP contribution in [-0.4, -0.2) is 44.5 Å². The number of aliphatic carboxylic acids is 1. The summed E-state index contributed by atoms with van der Waals surface area (Å²) in [6.45, 7) is 0.912. The molecule has 1 saturated heterocycles. The van der Waals surface area contributed by atoms with E-state index in [0.29, 0.717) is 25.1 Å². The maximum absolute atomic E-state index is 12.7. The second kappa shape index (κ2) is 7.74. The van der Waals surface area contributed by atoms with Gasteiger partial charge in [0.1, 0.15) is 0 Å². The Balaban J connectivity index is 1.67. The highest BCUT2D eigenvalue weighted by molar-refractivity contribution is 7.98. The highest BCUT2D eigenvalue weighted by atomic mass is 32.2. The molecule has 1 aromatic carbocycles. The van der Waals surface area contributed by atoms with Crippen LogP contribution in [0.2, 0.25) is 0 Å². The van der Waals surface area contributed by atoms with Crippen LogP contribution in [0.4, 0.5) is 0 Å². The van der Waals surface area contributed by atoms with Crippen LogP contribution in [0, 0.1) is 5.92 Å². The van der Waals surface area contributed by atoms with Crippen molar-refractivity contribution in [3.63, 3.8) is 0 Å². The molecule has 6 nitrogen and oxygen atoms in total. The number of aromatic nitrogens is 2. The van der Waals surface area contributed by atoms with Crippen LogP contribution in [0.25, 0.3) is 0 Å². The van der Waals surface area contributed by atoms with E-state index in [9.17, 15) is 14.7 Å². The van der Waals surface area contributed by atoms with Crippen molar-refractivity contribution in [3.8, 4) is 0 Å². The summed E-state index contributed by atoms with van der Waals surface area (Å²) in [5.41, 5.74) is 1.66. The smallest absolute Gasteiger partial charge is 0.308 e. The van der Waals surface area contributed by atoms with Crippen molar-refractivity contribution in [2.24, 2.45) is 13.0 Å². The fraction of sp³-hybridized carbons (Fsp3) is 0.389. The number of aryl methyl sites for hydroxylation is 1. The number of thioether (sulfide) groups is 1. The van der Waals surface area contributed by atoms with E-state index in [2.05, 4.69) is 4.98 Å². The monoisotopic (exact) mass is 359 g/mol. The minimum Gasteiger partial charge on any atom is -0.481 e. The fourth-order valence-corrected chi connectivity index (χ4v) is 3.85. The molecule has 1 aromatic heterocycles. The molecule has 0 spiro atoms. The number of amides is 1. The van der Waals surface area contributed by atoms with Crippen LogP contribution >= 0.6 is 11.8 Å². The number of hydrogen-bond donors (Lipinski definition) is 1. The number of likely N-dealkylation sites (tertiary alicyclic amines) is 1. The van der Waals surface area contributed by atoms with E-state index >= 15 is 0 Å². The number of carbonyl (C=O) groups excluding carboxylic acids is 1. The minimum absolute atomic E-state index is 0.0882. The largest absolute Gasteiger partial charge is 0.481 e. The third-order valence-electron chi connectivity index (χ3n) is 4.38. The molecule has 1 atom stereocenters. The van der Waals surface area contributed by atoms with E-state index < -0.39 is 11.9 Å². The lowest BCUT2D eigenvalue weighted by Gasteiger charge is -2.30. The quantitative estimate of drug-likeness (QED) is 0.831. The van der Waals surface area contributed by atoms with Gasteiger partial charge in [0.05, 0.1) is 5.92 Å². The van der Waals surface area contributed by atoms with Gasteiger partial charge in [-0.05, 0) is 30.5 Å². The Morgan fingerprint density at radius 2 is 2.24 bits per heavy atom. The van der Waals surface area contributed by atoms with Gasteiger partial charge in [-0.2, -0.15) is 0 Å². The molecule has 2 heterocycles. The van der Waals surface area contributed by atoms with Crippen LogP contribution in [0.3, 0.4) is 0 Å². The zero-order valence-corrected chi connectivity index (χ0v) is 14.9. The first-order valence-electron chi connectivity index (χ1n) is 8.25. The lowest BCUT2D eigenvalue weighted by atomic mass is 9.97. The molecule has 132 valence electrons. The second-order valence-corrected chi connectivity index (χ2v) is 7.18. The van der Waals surface area contributed by atoms with Gasteiger partial charge >= 0.3 is 5.97 Å². The molecule has 1 aliphatic rings. The van der Waals surface area contributed by atoms with E-state index in [1.807, 2.05) is 36.0 Å². The lowest BCUT2D eigenvalue weighted by Crippen LogP contribution is -2.42. The van der Waals surface area contributed by atoms with Crippen LogP contribution in [-0.2, 0) is 17.6 Å². The highest BCUT2D eigenvalue weighted by Gasteiger charge is 2.28. The van der Waals surface area contributed by atoms with Crippen LogP contribution < -0.4 is 0 Å². The summed E-state index contributed by atoms with van der Waals surface area (Å²) in [6, 6.07) is 7.55. The first-order chi connectivity index (χ1) is 12.0. The Hall–Kier alpha value is -2.28. The Morgan fingerprint density at radius 1 is 1.40 bits per heavy atom. The Bertz CT molecular complexity index is 774. The SMILES string of the molecule is Cn1ccnc1SCc1cccc(C(=O)N2CCCC(C(=O)O)C2)c1. The van der Waals surface area contributed by atoms with Gasteiger partial charge in [-0.3, -0.25) is 9.59 Å². The Kier molecular flexibility index (Phi) is 5.43. The first kappa shape index (κ1) is 17.5. The highest BCUT2D eigenvalue weighted by Crippen LogP contribution is 2.23.